The fourth-order valence-electron chi connectivity index (χ4n) is 3.37. The SMILES string of the molecule is CCCCCCCC(CCCCC)S(=O)(=O)C1CC1CC. The third kappa shape index (κ3) is 6.30. The first-order chi connectivity index (χ1) is 10.1. The average Bonchev–Trinajstić information content (AvgIpc) is 3.25. The Morgan fingerprint density at radius 1 is 0.857 bits per heavy atom. The van der Waals surface area contributed by atoms with Crippen LogP contribution in [0.3, 0.4) is 0 Å². The molecule has 3 atom stereocenters. The maximum absolute atomic E-state index is 12.8. The smallest absolute Gasteiger partial charge is 0.156 e. The van der Waals surface area contributed by atoms with Crippen LogP contribution in [0.2, 0.25) is 0 Å². The lowest BCUT2D eigenvalue weighted by Gasteiger charge is -2.18. The molecule has 1 fully saturated rings. The summed E-state index contributed by atoms with van der Waals surface area (Å²) in [5.41, 5.74) is 0. The summed E-state index contributed by atoms with van der Waals surface area (Å²) < 4.78 is 25.6. The zero-order chi connectivity index (χ0) is 15.7. The first-order valence-electron chi connectivity index (χ1n) is 9.30. The van der Waals surface area contributed by atoms with Gasteiger partial charge in [-0.1, -0.05) is 78.6 Å². The molecule has 0 radical (unpaired) electrons. The summed E-state index contributed by atoms with van der Waals surface area (Å²) in [6, 6.07) is 0. The highest BCUT2D eigenvalue weighted by atomic mass is 32.2. The van der Waals surface area contributed by atoms with Crippen molar-refractivity contribution >= 4 is 9.84 Å². The average molecular weight is 317 g/mol. The topological polar surface area (TPSA) is 34.1 Å². The Morgan fingerprint density at radius 3 is 1.90 bits per heavy atom. The van der Waals surface area contributed by atoms with Crippen LogP contribution in [0.25, 0.3) is 0 Å². The van der Waals surface area contributed by atoms with E-state index in [2.05, 4.69) is 20.8 Å². The summed E-state index contributed by atoms with van der Waals surface area (Å²) in [7, 11) is -2.86. The van der Waals surface area contributed by atoms with E-state index < -0.39 is 9.84 Å². The van der Waals surface area contributed by atoms with E-state index in [9.17, 15) is 8.42 Å². The van der Waals surface area contributed by atoms with E-state index in [1.54, 1.807) is 0 Å². The van der Waals surface area contributed by atoms with E-state index >= 15 is 0 Å². The number of hydrogen-bond donors (Lipinski definition) is 0. The van der Waals surface area contributed by atoms with Gasteiger partial charge >= 0.3 is 0 Å². The summed E-state index contributed by atoms with van der Waals surface area (Å²) in [4.78, 5) is 0. The summed E-state index contributed by atoms with van der Waals surface area (Å²) >= 11 is 0. The highest BCUT2D eigenvalue weighted by Gasteiger charge is 2.48. The molecule has 0 aromatic heterocycles. The van der Waals surface area contributed by atoms with Crippen molar-refractivity contribution in [2.75, 3.05) is 0 Å². The number of rotatable bonds is 13. The molecule has 1 saturated carbocycles. The minimum Gasteiger partial charge on any atom is -0.228 e. The summed E-state index contributed by atoms with van der Waals surface area (Å²) in [5.74, 6) is 0.462. The molecule has 0 aromatic rings. The maximum atomic E-state index is 12.8. The van der Waals surface area contributed by atoms with Crippen LogP contribution in [0.4, 0.5) is 0 Å². The van der Waals surface area contributed by atoms with Crippen LogP contribution in [0, 0.1) is 5.92 Å². The molecule has 2 nitrogen and oxygen atoms in total. The van der Waals surface area contributed by atoms with E-state index in [-0.39, 0.29) is 10.5 Å². The molecule has 0 aromatic carbocycles. The molecule has 21 heavy (non-hydrogen) atoms. The van der Waals surface area contributed by atoms with E-state index in [0.717, 1.165) is 38.5 Å². The molecule has 0 saturated heterocycles. The van der Waals surface area contributed by atoms with Crippen LogP contribution < -0.4 is 0 Å². The fourth-order valence-corrected chi connectivity index (χ4v) is 6.10. The zero-order valence-corrected chi connectivity index (χ0v) is 15.3. The molecule has 0 N–H and O–H groups in total. The lowest BCUT2D eigenvalue weighted by molar-refractivity contribution is 0.520. The second-order valence-corrected chi connectivity index (χ2v) is 9.30. The van der Waals surface area contributed by atoms with Gasteiger partial charge in [0.2, 0.25) is 0 Å². The standard InChI is InChI=1S/C18H36O2S/c1-4-7-9-10-12-14-17(13-11-8-5-2)21(19,20)18-15-16(18)6-3/h16-18H,4-15H2,1-3H3. The van der Waals surface area contributed by atoms with Crippen LogP contribution >= 0.6 is 0 Å². The van der Waals surface area contributed by atoms with Crippen molar-refractivity contribution in [3.05, 3.63) is 0 Å². The quantitative estimate of drug-likeness (QED) is 0.420. The van der Waals surface area contributed by atoms with Crippen LogP contribution in [0.15, 0.2) is 0 Å². The summed E-state index contributed by atoms with van der Waals surface area (Å²) in [5, 5.41) is -0.0444. The van der Waals surface area contributed by atoms with E-state index in [4.69, 9.17) is 0 Å². The maximum Gasteiger partial charge on any atom is 0.156 e. The van der Waals surface area contributed by atoms with Gasteiger partial charge in [-0.05, 0) is 25.2 Å². The van der Waals surface area contributed by atoms with Gasteiger partial charge in [0.25, 0.3) is 0 Å². The highest BCUT2D eigenvalue weighted by molar-refractivity contribution is 7.92. The Morgan fingerprint density at radius 2 is 1.38 bits per heavy atom. The number of sulfone groups is 1. The van der Waals surface area contributed by atoms with Crippen molar-refractivity contribution in [1.29, 1.82) is 0 Å². The molecule has 0 bridgehead atoms. The minimum absolute atomic E-state index is 0.00442. The van der Waals surface area contributed by atoms with Crippen LogP contribution in [0.5, 0.6) is 0 Å². The molecule has 1 aliphatic rings. The Kier molecular flexibility index (Phi) is 8.92. The normalized spacial score (nSPS) is 23.2. The van der Waals surface area contributed by atoms with Crippen molar-refractivity contribution in [3.63, 3.8) is 0 Å². The van der Waals surface area contributed by atoms with E-state index in [0.29, 0.717) is 5.92 Å². The molecule has 3 unspecified atom stereocenters. The van der Waals surface area contributed by atoms with Gasteiger partial charge in [0.15, 0.2) is 9.84 Å². The van der Waals surface area contributed by atoms with Gasteiger partial charge in [-0.2, -0.15) is 0 Å². The lowest BCUT2D eigenvalue weighted by Crippen LogP contribution is -2.26. The third-order valence-electron chi connectivity index (χ3n) is 5.03. The van der Waals surface area contributed by atoms with Crippen LogP contribution in [-0.4, -0.2) is 18.9 Å². The van der Waals surface area contributed by atoms with Crippen LogP contribution in [0.1, 0.15) is 97.8 Å². The Labute approximate surface area is 133 Å². The second kappa shape index (κ2) is 9.86. The number of unbranched alkanes of at least 4 members (excludes halogenated alkanes) is 6. The summed E-state index contributed by atoms with van der Waals surface area (Å²) in [6.07, 6.45) is 13.3. The monoisotopic (exact) mass is 316 g/mol. The first kappa shape index (κ1) is 19.0. The predicted octanol–water partition coefficient (Wildman–Crippen LogP) is 5.51. The largest absolute Gasteiger partial charge is 0.228 e. The fraction of sp³-hybridized carbons (Fsp3) is 1.00. The molecule has 0 aliphatic heterocycles. The van der Waals surface area contributed by atoms with Gasteiger partial charge in [0.05, 0.1) is 10.5 Å². The third-order valence-corrected chi connectivity index (χ3v) is 7.85. The first-order valence-corrected chi connectivity index (χ1v) is 10.9. The van der Waals surface area contributed by atoms with Crippen LogP contribution in [-0.2, 0) is 9.84 Å². The second-order valence-electron chi connectivity index (χ2n) is 6.85. The van der Waals surface area contributed by atoms with Crippen molar-refractivity contribution in [2.45, 2.75) is 108 Å². The van der Waals surface area contributed by atoms with E-state index in [1.807, 2.05) is 0 Å². The van der Waals surface area contributed by atoms with Crippen molar-refractivity contribution in [1.82, 2.24) is 0 Å². The van der Waals surface area contributed by atoms with Crippen molar-refractivity contribution in [2.24, 2.45) is 5.92 Å². The van der Waals surface area contributed by atoms with Gasteiger partial charge in [0, 0.05) is 0 Å². The molecule has 0 heterocycles. The molecule has 0 amide bonds. The molecule has 1 aliphatic carbocycles. The lowest BCUT2D eigenvalue weighted by atomic mass is 10.1. The zero-order valence-electron chi connectivity index (χ0n) is 14.4. The Hall–Kier alpha value is -0.0500. The highest BCUT2D eigenvalue weighted by Crippen LogP contribution is 2.42. The van der Waals surface area contributed by atoms with Gasteiger partial charge in [0.1, 0.15) is 0 Å². The van der Waals surface area contributed by atoms with Gasteiger partial charge in [-0.25, -0.2) is 8.42 Å². The van der Waals surface area contributed by atoms with Gasteiger partial charge in [-0.15, -0.1) is 0 Å². The predicted molar refractivity (Wildman–Crippen MR) is 92.4 cm³/mol. The minimum atomic E-state index is -2.86. The van der Waals surface area contributed by atoms with E-state index in [1.165, 1.54) is 38.5 Å². The molecule has 1 rings (SSSR count). The Bertz CT molecular complexity index is 361. The van der Waals surface area contributed by atoms with Gasteiger partial charge in [-0.3, -0.25) is 0 Å². The number of hydrogen-bond acceptors (Lipinski definition) is 2. The summed E-state index contributed by atoms with van der Waals surface area (Å²) in [6.45, 7) is 6.52. The van der Waals surface area contributed by atoms with Crippen molar-refractivity contribution < 1.29 is 8.42 Å². The Balaban J connectivity index is 2.47. The molecular formula is C18H36O2S. The molecular weight excluding hydrogens is 280 g/mol. The van der Waals surface area contributed by atoms with Crippen molar-refractivity contribution in [3.8, 4) is 0 Å². The van der Waals surface area contributed by atoms with Gasteiger partial charge < -0.3 is 0 Å². The molecule has 0 spiro atoms. The molecule has 3 heteroatoms. The molecule has 126 valence electrons.